The van der Waals surface area contributed by atoms with E-state index in [4.69, 9.17) is 21.3 Å². The maximum atomic E-state index is 6.44. The summed E-state index contributed by atoms with van der Waals surface area (Å²) in [4.78, 5) is 4.82. The molecule has 0 spiro atoms. The number of benzene rings is 3. The summed E-state index contributed by atoms with van der Waals surface area (Å²) >= 11 is 6.44. The number of imidazole rings is 1. The van der Waals surface area contributed by atoms with Crippen LogP contribution in [0.1, 0.15) is 11.1 Å². The molecule has 27 heavy (non-hydrogen) atoms. The molecule has 0 N–H and O–H groups in total. The van der Waals surface area contributed by atoms with Gasteiger partial charge in [-0.3, -0.25) is 0 Å². The topological polar surface area (TPSA) is 27.1 Å². The second kappa shape index (κ2) is 7.45. The highest BCUT2D eigenvalue weighted by Crippen LogP contribution is 2.30. The number of halogens is 1. The second-order valence-electron chi connectivity index (χ2n) is 6.67. The first-order valence-corrected chi connectivity index (χ1v) is 9.41. The average molecular weight is 377 g/mol. The minimum atomic E-state index is 0.557. The van der Waals surface area contributed by atoms with Crippen molar-refractivity contribution in [3.8, 4) is 17.1 Å². The van der Waals surface area contributed by atoms with Gasteiger partial charge in [0.05, 0.1) is 22.6 Å². The van der Waals surface area contributed by atoms with E-state index in [2.05, 4.69) is 36.6 Å². The van der Waals surface area contributed by atoms with Crippen LogP contribution in [0.2, 0.25) is 5.02 Å². The number of para-hydroxylation sites is 2. The zero-order valence-corrected chi connectivity index (χ0v) is 16.2. The number of aryl methyl sites for hydroxylation is 2. The van der Waals surface area contributed by atoms with Crippen LogP contribution in [0.5, 0.6) is 5.75 Å². The predicted octanol–water partition coefficient (Wildman–Crippen LogP) is 6.05. The monoisotopic (exact) mass is 376 g/mol. The molecule has 1 aromatic heterocycles. The Kier molecular flexibility index (Phi) is 4.87. The smallest absolute Gasteiger partial charge is 0.142 e. The lowest BCUT2D eigenvalue weighted by Crippen LogP contribution is -2.10. The lowest BCUT2D eigenvalue weighted by atomic mass is 10.1. The van der Waals surface area contributed by atoms with Gasteiger partial charge in [0.2, 0.25) is 0 Å². The first-order valence-electron chi connectivity index (χ1n) is 9.04. The molecule has 0 amide bonds. The Morgan fingerprint density at radius 1 is 0.963 bits per heavy atom. The maximum Gasteiger partial charge on any atom is 0.142 e. The Morgan fingerprint density at radius 2 is 1.74 bits per heavy atom. The molecule has 3 aromatic carbocycles. The normalized spacial score (nSPS) is 11.1. The SMILES string of the molecule is Cc1ccc(OCCn2c(-c3ccccc3Cl)nc3ccccc32)c(C)c1. The van der Waals surface area contributed by atoms with E-state index in [-0.39, 0.29) is 0 Å². The van der Waals surface area contributed by atoms with Gasteiger partial charge < -0.3 is 9.30 Å². The Bertz CT molecular complexity index is 1100. The molecule has 4 rings (SSSR count). The van der Waals surface area contributed by atoms with E-state index >= 15 is 0 Å². The van der Waals surface area contributed by atoms with Crippen LogP contribution in [0.25, 0.3) is 22.4 Å². The van der Waals surface area contributed by atoms with E-state index in [1.165, 1.54) is 5.56 Å². The number of nitrogens with zero attached hydrogens (tertiary/aromatic N) is 2. The van der Waals surface area contributed by atoms with Crippen LogP contribution in [0, 0.1) is 13.8 Å². The van der Waals surface area contributed by atoms with Gasteiger partial charge in [-0.2, -0.15) is 0 Å². The fourth-order valence-corrected chi connectivity index (χ4v) is 3.58. The summed E-state index contributed by atoms with van der Waals surface area (Å²) in [7, 11) is 0. The van der Waals surface area contributed by atoms with Crippen molar-refractivity contribution >= 4 is 22.6 Å². The molecule has 0 aliphatic heterocycles. The molecule has 4 heteroatoms. The molecular weight excluding hydrogens is 356 g/mol. The third kappa shape index (κ3) is 3.56. The van der Waals surface area contributed by atoms with Crippen molar-refractivity contribution in [3.05, 3.63) is 82.9 Å². The van der Waals surface area contributed by atoms with Crippen molar-refractivity contribution in [2.45, 2.75) is 20.4 Å². The zero-order chi connectivity index (χ0) is 18.8. The van der Waals surface area contributed by atoms with Gasteiger partial charge in [0.15, 0.2) is 0 Å². The number of ether oxygens (including phenoxy) is 1. The van der Waals surface area contributed by atoms with Gasteiger partial charge in [0.25, 0.3) is 0 Å². The number of hydrogen-bond acceptors (Lipinski definition) is 2. The van der Waals surface area contributed by atoms with Crippen molar-refractivity contribution in [1.29, 1.82) is 0 Å². The van der Waals surface area contributed by atoms with Gasteiger partial charge in [-0.1, -0.05) is 53.6 Å². The van der Waals surface area contributed by atoms with Crippen LogP contribution in [0.4, 0.5) is 0 Å². The highest BCUT2D eigenvalue weighted by Gasteiger charge is 2.14. The van der Waals surface area contributed by atoms with Crippen molar-refractivity contribution in [3.63, 3.8) is 0 Å². The van der Waals surface area contributed by atoms with Crippen LogP contribution in [0.3, 0.4) is 0 Å². The third-order valence-corrected chi connectivity index (χ3v) is 5.00. The van der Waals surface area contributed by atoms with Gasteiger partial charge in [-0.25, -0.2) is 4.98 Å². The zero-order valence-electron chi connectivity index (χ0n) is 15.4. The van der Waals surface area contributed by atoms with Gasteiger partial charge in [-0.15, -0.1) is 0 Å². The summed E-state index contributed by atoms with van der Waals surface area (Å²) < 4.78 is 8.23. The molecule has 4 aromatic rings. The minimum Gasteiger partial charge on any atom is -0.491 e. The molecule has 0 saturated carbocycles. The summed E-state index contributed by atoms with van der Waals surface area (Å²) in [6.45, 7) is 5.41. The molecular formula is C23H21ClN2O. The molecule has 0 fully saturated rings. The molecule has 1 heterocycles. The Hall–Kier alpha value is -2.78. The van der Waals surface area contributed by atoms with E-state index in [0.717, 1.165) is 33.7 Å². The van der Waals surface area contributed by atoms with E-state index in [9.17, 15) is 0 Å². The molecule has 0 atom stereocenters. The predicted molar refractivity (Wildman–Crippen MR) is 112 cm³/mol. The van der Waals surface area contributed by atoms with Crippen molar-refractivity contribution in [1.82, 2.24) is 9.55 Å². The first kappa shape index (κ1) is 17.6. The van der Waals surface area contributed by atoms with Gasteiger partial charge in [0.1, 0.15) is 18.2 Å². The minimum absolute atomic E-state index is 0.557. The largest absolute Gasteiger partial charge is 0.491 e. The maximum absolute atomic E-state index is 6.44. The quantitative estimate of drug-likeness (QED) is 0.423. The standard InChI is InChI=1S/C23H21ClN2O/c1-16-11-12-22(17(2)15-16)27-14-13-26-21-10-6-5-9-20(21)25-23(26)18-7-3-4-8-19(18)24/h3-12,15H,13-14H2,1-2H3. The lowest BCUT2D eigenvalue weighted by Gasteiger charge is -2.13. The van der Waals surface area contributed by atoms with Gasteiger partial charge in [0, 0.05) is 5.56 Å². The van der Waals surface area contributed by atoms with Gasteiger partial charge in [-0.05, 0) is 49.7 Å². The van der Waals surface area contributed by atoms with Crippen molar-refractivity contribution < 1.29 is 4.74 Å². The number of hydrogen-bond donors (Lipinski definition) is 0. The summed E-state index contributed by atoms with van der Waals surface area (Å²) in [6, 6.07) is 22.2. The summed E-state index contributed by atoms with van der Waals surface area (Å²) in [6.07, 6.45) is 0. The van der Waals surface area contributed by atoms with Crippen molar-refractivity contribution in [2.75, 3.05) is 6.61 Å². The highest BCUT2D eigenvalue weighted by atomic mass is 35.5. The molecule has 0 saturated heterocycles. The van der Waals surface area contributed by atoms with Crippen LogP contribution >= 0.6 is 11.6 Å². The average Bonchev–Trinajstić information content (AvgIpc) is 3.02. The molecule has 0 radical (unpaired) electrons. The molecule has 3 nitrogen and oxygen atoms in total. The molecule has 0 bridgehead atoms. The van der Waals surface area contributed by atoms with E-state index in [1.807, 2.05) is 48.5 Å². The Balaban J connectivity index is 1.66. The van der Waals surface area contributed by atoms with E-state index < -0.39 is 0 Å². The van der Waals surface area contributed by atoms with E-state index in [0.29, 0.717) is 18.2 Å². The van der Waals surface area contributed by atoms with Crippen LogP contribution in [-0.4, -0.2) is 16.2 Å². The number of rotatable bonds is 5. The first-order chi connectivity index (χ1) is 13.1. The van der Waals surface area contributed by atoms with Crippen LogP contribution in [-0.2, 0) is 6.54 Å². The fourth-order valence-electron chi connectivity index (χ4n) is 3.36. The summed E-state index contributed by atoms with van der Waals surface area (Å²) in [5.41, 5.74) is 5.36. The Morgan fingerprint density at radius 3 is 2.56 bits per heavy atom. The van der Waals surface area contributed by atoms with Crippen molar-refractivity contribution in [2.24, 2.45) is 0 Å². The lowest BCUT2D eigenvalue weighted by molar-refractivity contribution is 0.299. The highest BCUT2D eigenvalue weighted by molar-refractivity contribution is 6.33. The summed E-state index contributed by atoms with van der Waals surface area (Å²) in [5, 5.41) is 0.698. The fraction of sp³-hybridized carbons (Fsp3) is 0.174. The van der Waals surface area contributed by atoms with Crippen LogP contribution < -0.4 is 4.74 Å². The molecule has 136 valence electrons. The molecule has 0 aliphatic rings. The summed E-state index contributed by atoms with van der Waals surface area (Å²) in [5.74, 6) is 1.79. The van der Waals surface area contributed by atoms with E-state index in [1.54, 1.807) is 0 Å². The van der Waals surface area contributed by atoms with Gasteiger partial charge >= 0.3 is 0 Å². The molecule has 0 aliphatic carbocycles. The number of fused-ring (bicyclic) bond motifs is 1. The second-order valence-corrected chi connectivity index (χ2v) is 7.08. The third-order valence-electron chi connectivity index (χ3n) is 4.67. The number of aromatic nitrogens is 2. The Labute approximate surface area is 164 Å². The molecule has 0 unspecified atom stereocenters. The van der Waals surface area contributed by atoms with Crippen LogP contribution in [0.15, 0.2) is 66.7 Å².